The molecule has 0 radical (unpaired) electrons. The van der Waals surface area contributed by atoms with Gasteiger partial charge in [0.15, 0.2) is 0 Å². The van der Waals surface area contributed by atoms with Crippen molar-refractivity contribution in [1.82, 2.24) is 10.2 Å². The van der Waals surface area contributed by atoms with Gasteiger partial charge in [-0.1, -0.05) is 29.3 Å². The second-order valence-corrected chi connectivity index (χ2v) is 6.53. The van der Waals surface area contributed by atoms with Crippen LogP contribution in [0.15, 0.2) is 18.2 Å². The van der Waals surface area contributed by atoms with Gasteiger partial charge in [-0.25, -0.2) is 0 Å². The summed E-state index contributed by atoms with van der Waals surface area (Å²) in [4.78, 5) is 2.58. The highest BCUT2D eigenvalue weighted by Gasteiger charge is 2.33. The average molecular weight is 299 g/mol. The molecule has 3 saturated heterocycles. The van der Waals surface area contributed by atoms with Crippen molar-refractivity contribution in [3.05, 3.63) is 33.8 Å². The summed E-state index contributed by atoms with van der Waals surface area (Å²) in [6.07, 6.45) is 3.69. The topological polar surface area (TPSA) is 15.3 Å². The van der Waals surface area contributed by atoms with Crippen molar-refractivity contribution in [3.8, 4) is 0 Å². The second-order valence-electron chi connectivity index (χ2n) is 5.68. The quantitative estimate of drug-likeness (QED) is 0.918. The Kier molecular flexibility index (Phi) is 4.33. The van der Waals surface area contributed by atoms with E-state index >= 15 is 0 Å². The molecule has 2 nitrogen and oxygen atoms in total. The molecule has 19 heavy (non-hydrogen) atoms. The van der Waals surface area contributed by atoms with Gasteiger partial charge in [-0.3, -0.25) is 0 Å². The van der Waals surface area contributed by atoms with Crippen LogP contribution in [0.25, 0.3) is 0 Å². The van der Waals surface area contributed by atoms with Crippen LogP contribution in [-0.4, -0.2) is 37.1 Å². The van der Waals surface area contributed by atoms with Gasteiger partial charge in [-0.05, 0) is 62.5 Å². The Labute approximate surface area is 125 Å². The van der Waals surface area contributed by atoms with Crippen molar-refractivity contribution in [1.29, 1.82) is 0 Å². The average Bonchev–Trinajstić information content (AvgIpc) is 2.43. The van der Waals surface area contributed by atoms with Crippen molar-refractivity contribution in [2.24, 2.45) is 5.92 Å². The molecular weight excluding hydrogens is 279 g/mol. The van der Waals surface area contributed by atoms with E-state index in [1.807, 2.05) is 18.2 Å². The summed E-state index contributed by atoms with van der Waals surface area (Å²) in [6.45, 7) is 4.81. The number of rotatable bonds is 4. The van der Waals surface area contributed by atoms with Gasteiger partial charge in [-0.15, -0.1) is 0 Å². The first-order valence-electron chi connectivity index (χ1n) is 7.12. The summed E-state index contributed by atoms with van der Waals surface area (Å²) in [7, 11) is 0. The number of nitrogens with one attached hydrogen (secondary N) is 1. The smallest absolute Gasteiger partial charge is 0.0453 e. The predicted molar refractivity (Wildman–Crippen MR) is 81.1 cm³/mol. The Morgan fingerprint density at radius 2 is 2.00 bits per heavy atom. The van der Waals surface area contributed by atoms with E-state index in [9.17, 15) is 0 Å². The summed E-state index contributed by atoms with van der Waals surface area (Å²) in [5, 5.41) is 5.20. The van der Waals surface area contributed by atoms with Crippen LogP contribution in [0, 0.1) is 5.92 Å². The molecule has 4 heteroatoms. The lowest BCUT2D eigenvalue weighted by Crippen LogP contribution is -2.56. The SMILES string of the molecule is Clc1ccc(CCNC2CN3CCC2CC3)c(Cl)c1. The van der Waals surface area contributed by atoms with Crippen molar-refractivity contribution < 1.29 is 0 Å². The fourth-order valence-electron chi connectivity index (χ4n) is 3.31. The molecule has 3 heterocycles. The highest BCUT2D eigenvalue weighted by Crippen LogP contribution is 2.27. The van der Waals surface area contributed by atoms with Crippen molar-refractivity contribution in [2.75, 3.05) is 26.2 Å². The molecule has 0 aliphatic carbocycles. The molecule has 1 atom stereocenters. The van der Waals surface area contributed by atoms with E-state index in [0.29, 0.717) is 11.1 Å². The minimum atomic E-state index is 0.675. The van der Waals surface area contributed by atoms with Gasteiger partial charge in [-0.2, -0.15) is 0 Å². The van der Waals surface area contributed by atoms with Crippen LogP contribution in [0.1, 0.15) is 18.4 Å². The first-order valence-corrected chi connectivity index (χ1v) is 7.87. The molecule has 1 aromatic carbocycles. The van der Waals surface area contributed by atoms with E-state index in [1.54, 1.807) is 0 Å². The summed E-state index contributed by atoms with van der Waals surface area (Å²) >= 11 is 12.1. The molecule has 1 N–H and O–H groups in total. The van der Waals surface area contributed by atoms with Crippen LogP contribution in [0.3, 0.4) is 0 Å². The number of benzene rings is 1. The fraction of sp³-hybridized carbons (Fsp3) is 0.600. The first-order chi connectivity index (χ1) is 9.22. The third-order valence-corrected chi connectivity index (χ3v) is 5.06. The van der Waals surface area contributed by atoms with Crippen LogP contribution in [0.4, 0.5) is 0 Å². The van der Waals surface area contributed by atoms with Crippen molar-refractivity contribution in [3.63, 3.8) is 0 Å². The van der Waals surface area contributed by atoms with Gasteiger partial charge >= 0.3 is 0 Å². The Hall–Kier alpha value is -0.280. The van der Waals surface area contributed by atoms with Crippen LogP contribution in [0.2, 0.25) is 10.0 Å². The molecule has 1 unspecified atom stereocenters. The zero-order valence-electron chi connectivity index (χ0n) is 11.0. The van der Waals surface area contributed by atoms with E-state index < -0.39 is 0 Å². The third-order valence-electron chi connectivity index (χ3n) is 4.47. The molecule has 0 aromatic heterocycles. The van der Waals surface area contributed by atoms with Gasteiger partial charge in [0, 0.05) is 22.6 Å². The van der Waals surface area contributed by atoms with Gasteiger partial charge < -0.3 is 10.2 Å². The summed E-state index contributed by atoms with van der Waals surface area (Å²) in [5.74, 6) is 0.880. The maximum absolute atomic E-state index is 6.19. The van der Waals surface area contributed by atoms with Crippen LogP contribution in [0.5, 0.6) is 0 Å². The van der Waals surface area contributed by atoms with Gasteiger partial charge in [0.2, 0.25) is 0 Å². The van der Waals surface area contributed by atoms with E-state index in [2.05, 4.69) is 10.2 Å². The molecule has 1 aromatic rings. The molecule has 2 bridgehead atoms. The standard InChI is InChI=1S/C15H20Cl2N2/c16-13-2-1-11(14(17)9-13)3-6-18-15-10-19-7-4-12(15)5-8-19/h1-2,9,12,15,18H,3-8,10H2. The highest BCUT2D eigenvalue weighted by atomic mass is 35.5. The maximum Gasteiger partial charge on any atom is 0.0453 e. The van der Waals surface area contributed by atoms with E-state index in [4.69, 9.17) is 23.2 Å². The van der Waals surface area contributed by atoms with E-state index in [1.165, 1.54) is 38.0 Å². The summed E-state index contributed by atoms with van der Waals surface area (Å²) in [6, 6.07) is 6.45. The molecular formula is C15H20Cl2N2. The zero-order chi connectivity index (χ0) is 13.2. The Balaban J connectivity index is 1.50. The highest BCUT2D eigenvalue weighted by molar-refractivity contribution is 6.35. The lowest BCUT2D eigenvalue weighted by Gasteiger charge is -2.45. The van der Waals surface area contributed by atoms with Gasteiger partial charge in [0.1, 0.15) is 0 Å². The summed E-state index contributed by atoms with van der Waals surface area (Å²) in [5.41, 5.74) is 1.18. The van der Waals surface area contributed by atoms with Crippen molar-refractivity contribution >= 4 is 23.2 Å². The van der Waals surface area contributed by atoms with E-state index in [0.717, 1.165) is 23.9 Å². The molecule has 0 spiro atoms. The van der Waals surface area contributed by atoms with Crippen LogP contribution >= 0.6 is 23.2 Å². The molecule has 0 amide bonds. The second kappa shape index (κ2) is 6.01. The molecule has 4 rings (SSSR count). The summed E-state index contributed by atoms with van der Waals surface area (Å²) < 4.78 is 0. The van der Waals surface area contributed by atoms with Crippen LogP contribution < -0.4 is 5.32 Å². The monoisotopic (exact) mass is 298 g/mol. The minimum Gasteiger partial charge on any atom is -0.312 e. The number of fused-ring (bicyclic) bond motifs is 3. The Bertz CT molecular complexity index is 442. The minimum absolute atomic E-state index is 0.675. The normalized spacial score (nSPS) is 29.7. The number of halogens is 2. The molecule has 104 valence electrons. The first kappa shape index (κ1) is 13.7. The molecule has 3 fully saturated rings. The number of hydrogen-bond acceptors (Lipinski definition) is 2. The van der Waals surface area contributed by atoms with E-state index in [-0.39, 0.29) is 0 Å². The number of nitrogens with zero attached hydrogens (tertiary/aromatic N) is 1. The van der Waals surface area contributed by atoms with Crippen molar-refractivity contribution in [2.45, 2.75) is 25.3 Å². The molecule has 3 aliphatic rings. The lowest BCUT2D eigenvalue weighted by atomic mass is 9.84. The third kappa shape index (κ3) is 3.25. The fourth-order valence-corrected chi connectivity index (χ4v) is 3.82. The van der Waals surface area contributed by atoms with Gasteiger partial charge in [0.25, 0.3) is 0 Å². The largest absolute Gasteiger partial charge is 0.312 e. The molecule has 0 saturated carbocycles. The Morgan fingerprint density at radius 3 is 2.63 bits per heavy atom. The molecule has 3 aliphatic heterocycles. The Morgan fingerprint density at radius 1 is 1.21 bits per heavy atom. The predicted octanol–water partition coefficient (Wildman–Crippen LogP) is 3.22. The van der Waals surface area contributed by atoms with Crippen LogP contribution in [-0.2, 0) is 6.42 Å². The zero-order valence-corrected chi connectivity index (χ0v) is 12.6. The number of piperidine rings is 3. The number of hydrogen-bond donors (Lipinski definition) is 1. The van der Waals surface area contributed by atoms with Gasteiger partial charge in [0.05, 0.1) is 0 Å². The maximum atomic E-state index is 6.19. The lowest BCUT2D eigenvalue weighted by molar-refractivity contribution is 0.0731.